The van der Waals surface area contributed by atoms with Gasteiger partial charge in [-0.05, 0) is 45.4 Å². The number of thioether (sulfide) groups is 1. The lowest BCUT2D eigenvalue weighted by Gasteiger charge is -2.10. The first-order valence-corrected chi connectivity index (χ1v) is 6.19. The Bertz CT molecular complexity index is 359. The second-order valence-electron chi connectivity index (χ2n) is 3.64. The van der Waals surface area contributed by atoms with E-state index in [2.05, 4.69) is 4.98 Å². The number of hydrogen-bond acceptors (Lipinski definition) is 4. The van der Waals surface area contributed by atoms with Gasteiger partial charge in [0.25, 0.3) is 0 Å². The molecule has 0 fully saturated rings. The number of hydrogen-bond donors (Lipinski definition) is 0. The van der Waals surface area contributed by atoms with Gasteiger partial charge in [0.15, 0.2) is 0 Å². The van der Waals surface area contributed by atoms with Crippen LogP contribution in [0.25, 0.3) is 0 Å². The molecule has 1 rings (SSSR count). The van der Waals surface area contributed by atoms with Crippen LogP contribution in [-0.2, 0) is 9.53 Å². The number of pyridine rings is 1. The van der Waals surface area contributed by atoms with Gasteiger partial charge in [0.1, 0.15) is 5.25 Å². The summed E-state index contributed by atoms with van der Waals surface area (Å²) in [6.07, 6.45) is 0. The molecule has 0 aromatic carbocycles. The number of esters is 1. The third-order valence-electron chi connectivity index (χ3n) is 1.99. The molecule has 0 aliphatic rings. The number of aryl methyl sites for hydroxylation is 2. The van der Waals surface area contributed by atoms with Crippen molar-refractivity contribution in [2.45, 2.75) is 38.0 Å². The highest BCUT2D eigenvalue weighted by Crippen LogP contribution is 2.23. The third kappa shape index (κ3) is 3.85. The molecule has 4 heteroatoms. The monoisotopic (exact) mass is 239 g/mol. The van der Waals surface area contributed by atoms with Crippen molar-refractivity contribution in [2.75, 3.05) is 6.61 Å². The van der Waals surface area contributed by atoms with Crippen LogP contribution < -0.4 is 0 Å². The molecular weight excluding hydrogens is 222 g/mol. The minimum absolute atomic E-state index is 0.187. The van der Waals surface area contributed by atoms with Crippen molar-refractivity contribution in [3.8, 4) is 0 Å². The highest BCUT2D eigenvalue weighted by Gasteiger charge is 2.16. The molecule has 88 valence electrons. The predicted molar refractivity (Wildman–Crippen MR) is 65.7 cm³/mol. The van der Waals surface area contributed by atoms with E-state index in [1.807, 2.05) is 39.8 Å². The third-order valence-corrected chi connectivity index (χ3v) is 2.99. The molecule has 0 amide bonds. The number of ether oxygens (including phenoxy) is 1. The fourth-order valence-electron chi connectivity index (χ4n) is 1.35. The van der Waals surface area contributed by atoms with Crippen LogP contribution in [0.3, 0.4) is 0 Å². The van der Waals surface area contributed by atoms with E-state index >= 15 is 0 Å². The second kappa shape index (κ2) is 5.89. The average molecular weight is 239 g/mol. The van der Waals surface area contributed by atoms with E-state index < -0.39 is 0 Å². The molecular formula is C12H17NO2S. The molecule has 1 atom stereocenters. The number of carbonyl (C=O) groups is 1. The number of carbonyl (C=O) groups excluding carboxylic acids is 1. The summed E-state index contributed by atoms with van der Waals surface area (Å²) in [6.45, 7) is 8.04. The van der Waals surface area contributed by atoms with Crippen molar-refractivity contribution >= 4 is 17.7 Å². The molecule has 1 aromatic heterocycles. The number of nitrogens with zero attached hydrogens (tertiary/aromatic N) is 1. The van der Waals surface area contributed by atoms with Crippen LogP contribution in [0, 0.1) is 13.8 Å². The topological polar surface area (TPSA) is 39.2 Å². The minimum atomic E-state index is -0.214. The second-order valence-corrected chi connectivity index (χ2v) is 5.00. The van der Waals surface area contributed by atoms with E-state index in [1.165, 1.54) is 11.8 Å². The Labute approximate surface area is 101 Å². The predicted octanol–water partition coefficient (Wildman–Crippen LogP) is 2.74. The first-order valence-electron chi connectivity index (χ1n) is 5.31. The van der Waals surface area contributed by atoms with Gasteiger partial charge in [-0.15, -0.1) is 0 Å². The molecule has 3 nitrogen and oxygen atoms in total. The van der Waals surface area contributed by atoms with Crippen molar-refractivity contribution in [3.05, 3.63) is 23.4 Å². The Morgan fingerprint density at radius 1 is 1.50 bits per heavy atom. The van der Waals surface area contributed by atoms with Gasteiger partial charge in [-0.2, -0.15) is 0 Å². The van der Waals surface area contributed by atoms with E-state index in [9.17, 15) is 4.79 Å². The standard InChI is InChI=1S/C12H17NO2S/c1-5-15-12(14)10(4)16-11-7-8(2)6-9(3)13-11/h6-7,10H,5H2,1-4H3. The van der Waals surface area contributed by atoms with Crippen LogP contribution in [0.4, 0.5) is 0 Å². The van der Waals surface area contributed by atoms with Crippen LogP contribution in [0.5, 0.6) is 0 Å². The molecule has 0 N–H and O–H groups in total. The van der Waals surface area contributed by atoms with E-state index in [1.54, 1.807) is 0 Å². The average Bonchev–Trinajstić information content (AvgIpc) is 2.16. The quantitative estimate of drug-likeness (QED) is 0.598. The van der Waals surface area contributed by atoms with Crippen LogP contribution in [0.1, 0.15) is 25.1 Å². The minimum Gasteiger partial charge on any atom is -0.465 e. The molecule has 16 heavy (non-hydrogen) atoms. The lowest BCUT2D eigenvalue weighted by atomic mass is 10.3. The summed E-state index contributed by atoms with van der Waals surface area (Å²) >= 11 is 1.43. The Morgan fingerprint density at radius 3 is 2.75 bits per heavy atom. The lowest BCUT2D eigenvalue weighted by molar-refractivity contribution is -0.142. The van der Waals surface area contributed by atoms with Gasteiger partial charge in [-0.3, -0.25) is 4.79 Å². The molecule has 0 radical (unpaired) electrons. The lowest BCUT2D eigenvalue weighted by Crippen LogP contribution is -2.16. The van der Waals surface area contributed by atoms with E-state index in [4.69, 9.17) is 4.74 Å². The van der Waals surface area contributed by atoms with Gasteiger partial charge in [-0.1, -0.05) is 11.8 Å². The van der Waals surface area contributed by atoms with E-state index in [0.29, 0.717) is 6.61 Å². The van der Waals surface area contributed by atoms with Crippen molar-refractivity contribution < 1.29 is 9.53 Å². The largest absolute Gasteiger partial charge is 0.465 e. The molecule has 0 saturated carbocycles. The van der Waals surface area contributed by atoms with Gasteiger partial charge in [-0.25, -0.2) is 4.98 Å². The smallest absolute Gasteiger partial charge is 0.319 e. The summed E-state index contributed by atoms with van der Waals surface area (Å²) in [5, 5.41) is 0.659. The van der Waals surface area contributed by atoms with Crippen LogP contribution in [0.15, 0.2) is 17.2 Å². The number of aromatic nitrogens is 1. The van der Waals surface area contributed by atoms with Crippen LogP contribution in [0.2, 0.25) is 0 Å². The summed E-state index contributed by atoms with van der Waals surface area (Å²) in [6, 6.07) is 3.99. The highest BCUT2D eigenvalue weighted by atomic mass is 32.2. The van der Waals surface area contributed by atoms with E-state index in [0.717, 1.165) is 16.3 Å². The summed E-state index contributed by atoms with van der Waals surface area (Å²) < 4.78 is 4.95. The zero-order valence-electron chi connectivity index (χ0n) is 10.1. The zero-order chi connectivity index (χ0) is 12.1. The highest BCUT2D eigenvalue weighted by molar-refractivity contribution is 8.00. The Balaban J connectivity index is 2.69. The van der Waals surface area contributed by atoms with E-state index in [-0.39, 0.29) is 11.2 Å². The molecule has 1 heterocycles. The van der Waals surface area contributed by atoms with Gasteiger partial charge >= 0.3 is 5.97 Å². The summed E-state index contributed by atoms with van der Waals surface area (Å²) in [5.41, 5.74) is 2.13. The SMILES string of the molecule is CCOC(=O)C(C)Sc1cc(C)cc(C)n1. The van der Waals surface area contributed by atoms with Gasteiger partial charge in [0.2, 0.25) is 0 Å². The first kappa shape index (κ1) is 13.0. The van der Waals surface area contributed by atoms with Crippen molar-refractivity contribution in [2.24, 2.45) is 0 Å². The van der Waals surface area contributed by atoms with Crippen LogP contribution >= 0.6 is 11.8 Å². The normalized spacial score (nSPS) is 12.2. The maximum absolute atomic E-state index is 11.4. The molecule has 0 bridgehead atoms. The fourth-order valence-corrected chi connectivity index (χ4v) is 2.33. The summed E-state index contributed by atoms with van der Waals surface area (Å²) in [5.74, 6) is -0.187. The Kier molecular flexibility index (Phi) is 4.80. The van der Waals surface area contributed by atoms with Crippen molar-refractivity contribution in [1.82, 2.24) is 4.98 Å². The van der Waals surface area contributed by atoms with Crippen LogP contribution in [-0.4, -0.2) is 22.8 Å². The maximum Gasteiger partial charge on any atom is 0.319 e. The molecule has 0 saturated heterocycles. The molecule has 1 unspecified atom stereocenters. The molecule has 0 spiro atoms. The van der Waals surface area contributed by atoms with Gasteiger partial charge < -0.3 is 4.74 Å². The van der Waals surface area contributed by atoms with Gasteiger partial charge in [0.05, 0.1) is 11.6 Å². The van der Waals surface area contributed by atoms with Crippen molar-refractivity contribution in [1.29, 1.82) is 0 Å². The van der Waals surface area contributed by atoms with Crippen molar-refractivity contribution in [3.63, 3.8) is 0 Å². The summed E-state index contributed by atoms with van der Waals surface area (Å²) in [7, 11) is 0. The molecule has 0 aliphatic carbocycles. The fraction of sp³-hybridized carbons (Fsp3) is 0.500. The molecule has 1 aromatic rings. The molecule has 0 aliphatic heterocycles. The number of rotatable bonds is 4. The van der Waals surface area contributed by atoms with Gasteiger partial charge in [0, 0.05) is 5.69 Å². The zero-order valence-corrected chi connectivity index (χ0v) is 10.9. The Morgan fingerprint density at radius 2 is 2.19 bits per heavy atom. The summed E-state index contributed by atoms with van der Waals surface area (Å²) in [4.78, 5) is 15.8. The Hall–Kier alpha value is -1.03. The first-order chi connectivity index (χ1) is 7.52. The maximum atomic E-state index is 11.4.